The molecule has 2 aliphatic carbocycles. The number of thioether (sulfide) groups is 1. The van der Waals surface area contributed by atoms with Gasteiger partial charge in [0, 0.05) is 61.4 Å². The molecule has 4 saturated heterocycles. The Hall–Kier alpha value is -4.62. The second-order valence-corrected chi connectivity index (χ2v) is 26.8. The maximum absolute atomic E-state index is 15.6. The number of methoxy groups -OCH3 is 5. The third-order valence-electron chi connectivity index (χ3n) is 15.2. The van der Waals surface area contributed by atoms with E-state index in [2.05, 4.69) is 51.7 Å². The summed E-state index contributed by atoms with van der Waals surface area (Å²) in [4.78, 5) is 62.5. The van der Waals surface area contributed by atoms with Gasteiger partial charge in [0.15, 0.2) is 54.1 Å². The van der Waals surface area contributed by atoms with Crippen molar-refractivity contribution < 1.29 is 106 Å². The minimum Gasteiger partial charge on any atom is -0.493 e. The van der Waals surface area contributed by atoms with Gasteiger partial charge in [0.25, 0.3) is 5.91 Å². The minimum absolute atomic E-state index is 0.0843. The lowest BCUT2D eigenvalue weighted by Crippen LogP contribution is -2.65. The number of ketones is 1. The minimum atomic E-state index is -2.66. The molecule has 1 unspecified atom stereocenters. The van der Waals surface area contributed by atoms with Crippen LogP contribution in [0.15, 0.2) is 59.5 Å². The first-order chi connectivity index (χ1) is 42.5. The van der Waals surface area contributed by atoms with Gasteiger partial charge in [-0.3, -0.25) is 19.7 Å². The van der Waals surface area contributed by atoms with Crippen molar-refractivity contribution in [3.63, 3.8) is 0 Å². The van der Waals surface area contributed by atoms with Gasteiger partial charge >= 0.3 is 12.1 Å². The fourth-order valence-electron chi connectivity index (χ4n) is 10.8. The van der Waals surface area contributed by atoms with Crippen molar-refractivity contribution in [2.75, 3.05) is 65.7 Å². The van der Waals surface area contributed by atoms with Crippen molar-refractivity contribution >= 4 is 72.6 Å². The van der Waals surface area contributed by atoms with Gasteiger partial charge < -0.3 is 92.6 Å². The molecule has 0 radical (unpaired) electrons. The molecule has 7 rings (SSSR count). The maximum Gasteiger partial charge on any atom is 0.411 e. The van der Waals surface area contributed by atoms with Crippen LogP contribution in [-0.4, -0.2) is 226 Å². The molecule has 2 bridgehead atoms. The van der Waals surface area contributed by atoms with Crippen molar-refractivity contribution in [3.05, 3.63) is 65.1 Å². The zero-order valence-corrected chi connectivity index (χ0v) is 54.6. The Kier molecular flexibility index (Phi) is 26.9. The van der Waals surface area contributed by atoms with Gasteiger partial charge in [0.1, 0.15) is 30.5 Å². The quantitative estimate of drug-likeness (QED) is 0.0132. The summed E-state index contributed by atoms with van der Waals surface area (Å²) in [6, 6.07) is 1.39. The molecule has 1 aromatic rings. The van der Waals surface area contributed by atoms with E-state index in [0.717, 1.165) is 7.11 Å². The molecule has 492 valence electrons. The van der Waals surface area contributed by atoms with Gasteiger partial charge in [0.05, 0.1) is 99.8 Å². The van der Waals surface area contributed by atoms with Crippen LogP contribution in [0.2, 0.25) is 0 Å². The number of aliphatic hydroxyl groups is 4. The molecule has 30 heteroatoms. The molecule has 6 aliphatic rings. The number of benzene rings is 1. The van der Waals surface area contributed by atoms with E-state index in [1.54, 1.807) is 20.1 Å². The fraction of sp³-hybridized carbons (Fsp3) is 0.627. The molecule has 26 nitrogen and oxygen atoms in total. The zero-order valence-electron chi connectivity index (χ0n) is 51.4. The van der Waals surface area contributed by atoms with E-state index < -0.39 is 134 Å². The van der Waals surface area contributed by atoms with Gasteiger partial charge in [-0.1, -0.05) is 71.8 Å². The molecule has 89 heavy (non-hydrogen) atoms. The smallest absolute Gasteiger partial charge is 0.411 e. The Morgan fingerprint density at radius 2 is 1.56 bits per heavy atom. The van der Waals surface area contributed by atoms with Crippen LogP contribution >= 0.6 is 43.2 Å². The normalized spacial score (nSPS) is 34.4. The van der Waals surface area contributed by atoms with Gasteiger partial charge in [0.2, 0.25) is 5.78 Å². The number of anilines is 1. The summed E-state index contributed by atoms with van der Waals surface area (Å²) in [6.45, 7) is 12.6. The highest BCUT2D eigenvalue weighted by Gasteiger charge is 2.57. The first kappa shape index (κ1) is 71.8. The van der Waals surface area contributed by atoms with E-state index in [9.17, 15) is 34.8 Å². The molecule has 4 aliphatic heterocycles. The Morgan fingerprint density at radius 3 is 2.22 bits per heavy atom. The van der Waals surface area contributed by atoms with Crippen molar-refractivity contribution in [2.24, 2.45) is 0 Å². The van der Waals surface area contributed by atoms with Crippen LogP contribution < -0.4 is 30.9 Å². The molecule has 8 N–H and O–H groups in total. The first-order valence-electron chi connectivity index (χ1n) is 28.4. The fourth-order valence-corrected chi connectivity index (χ4v) is 14.1. The van der Waals surface area contributed by atoms with Crippen molar-refractivity contribution in [3.8, 4) is 35.2 Å². The molecule has 0 saturated carbocycles. The number of amides is 2. The summed E-state index contributed by atoms with van der Waals surface area (Å²) in [5, 5.41) is 56.8. The Labute approximate surface area is 533 Å². The summed E-state index contributed by atoms with van der Waals surface area (Å²) >= 11 is 1.47. The molecular weight excluding hydrogens is 1240 g/mol. The van der Waals surface area contributed by atoms with Gasteiger partial charge in [-0.05, 0) is 55.3 Å². The van der Waals surface area contributed by atoms with E-state index in [1.807, 2.05) is 33.3 Å². The predicted molar refractivity (Wildman–Crippen MR) is 330 cm³/mol. The number of aliphatic hydroxyl groups excluding tert-OH is 3. The lowest BCUT2D eigenvalue weighted by molar-refractivity contribution is -0.336. The number of ether oxygens (including phenoxy) is 13. The number of esters is 1. The highest BCUT2D eigenvalue weighted by molar-refractivity contribution is 9.09. The average molecular weight is 1330 g/mol. The van der Waals surface area contributed by atoms with Crippen LogP contribution in [-0.2, 0) is 66.5 Å². The lowest BCUT2D eigenvalue weighted by atomic mass is 9.73. The number of hydrogen-bond acceptors (Lipinski definition) is 28. The third-order valence-corrected chi connectivity index (χ3v) is 20.2. The van der Waals surface area contributed by atoms with Crippen LogP contribution in [0.1, 0.15) is 64.2 Å². The largest absolute Gasteiger partial charge is 0.493 e. The molecule has 0 spiro atoms. The van der Waals surface area contributed by atoms with Gasteiger partial charge in [-0.25, -0.2) is 9.59 Å². The highest BCUT2D eigenvalue weighted by Crippen LogP contribution is 2.44. The number of Topliss-reactive ketones (excluding diaryl/α,β-unsaturated/α-hetero) is 1. The lowest BCUT2D eigenvalue weighted by Gasteiger charge is -2.47. The number of allylic oxidation sites excluding steroid dienone is 2. The second-order valence-electron chi connectivity index (χ2n) is 21.4. The topological polar surface area (TPSA) is 327 Å². The summed E-state index contributed by atoms with van der Waals surface area (Å²) in [5.74, 6) is 8.60. The Morgan fingerprint density at radius 1 is 0.854 bits per heavy atom. The van der Waals surface area contributed by atoms with Crippen LogP contribution in [0.5, 0.6) is 11.5 Å². The van der Waals surface area contributed by atoms with Gasteiger partial charge in [-0.2, -0.15) is 17.2 Å². The van der Waals surface area contributed by atoms with Gasteiger partial charge in [-0.15, -0.1) is 0 Å². The van der Waals surface area contributed by atoms with Crippen LogP contribution in [0, 0.1) is 23.7 Å². The average Bonchev–Trinajstić information content (AvgIpc) is 0.971. The van der Waals surface area contributed by atoms with Crippen molar-refractivity contribution in [2.45, 2.75) is 175 Å². The number of hydroxylamine groups is 1. The SMILES string of the molecule is C=C(OC)C(=O)Nc1cc(OC)c(OC)cc1C(=O)O[C@H]1C[C@H](O[C@@H]2C(=O)C(NC(=O)OC)=C3/C(=C\CSSSC)[C@]2(O)C#C/C=C\C#C[C@@H]3O[C@@H]2O[C@H](C)[C@@H](NO[C@H]3C[C@H](O)[C@H](SC)[C@@H](C)O3)[C@H](O)C2O[C@H]2C[C@H](OC)[C@@H](NC(C)C)CO2)O[C@@H](C)[C@@H]1O. The van der Waals surface area contributed by atoms with Crippen LogP contribution in [0.3, 0.4) is 0 Å². The van der Waals surface area contributed by atoms with E-state index in [-0.39, 0.29) is 88.3 Å². The molecule has 0 aromatic heterocycles. The number of alkyl carbamates (subject to hydrolysis) is 1. The Balaban J connectivity index is 1.27. The molecular formula is C59H80N4O22S4. The molecule has 19 atom stereocenters. The molecule has 4 fully saturated rings. The zero-order chi connectivity index (χ0) is 64.9. The maximum atomic E-state index is 15.6. The third kappa shape index (κ3) is 17.6. The summed E-state index contributed by atoms with van der Waals surface area (Å²) in [7, 11) is 10.8. The van der Waals surface area contributed by atoms with E-state index in [1.165, 1.54) is 95.7 Å². The standard InChI is InChI=1S/C59H80N4O22S4/c1-28(2)60-36-27-77-43(25-39(36)73-8)83-52-50(66)47(63-85-45-24-37(64)53(86-12)31(5)79-45)29(3)80-57(52)82-38-18-16-14-15-17-20-59(71)34(19-21-88-89-87-13)46(38)48(62-58(70)76-11)51(67)54(59)84-44-26-42(49(65)30(4)78-44)81-56(69)33-22-40(74-9)41(75-10)23-35(33)61-55(68)32(6)72-7/h14-15,19,22-23,28-31,36-39,42-45,47,49-50,52-54,57,60,63-66,71H,6,21,24-27H2,1-5,7-13H3,(H,61,68)(H,62,70)/b15-14-,34-19+/t29-,30+,31-,36+,37+,38+,39+,42+,43+,44+,45+,47-,49+,50+,52?,53-,54-,57+,59-/m1/s1. The number of rotatable bonds is 25. The summed E-state index contributed by atoms with van der Waals surface area (Å²) in [5.41, 5.74) is -0.949. The summed E-state index contributed by atoms with van der Waals surface area (Å²) < 4.78 is 77.9. The number of carbonyl (C=O) groups excluding carboxylic acids is 4. The van der Waals surface area contributed by atoms with E-state index >= 15 is 4.79 Å². The van der Waals surface area contributed by atoms with E-state index in [0.29, 0.717) is 0 Å². The monoisotopic (exact) mass is 1320 g/mol. The number of nitrogens with one attached hydrogen (secondary N) is 4. The van der Waals surface area contributed by atoms with E-state index in [4.69, 9.17) is 66.4 Å². The molecule has 1 aromatic carbocycles. The van der Waals surface area contributed by atoms with Crippen molar-refractivity contribution in [1.29, 1.82) is 0 Å². The van der Waals surface area contributed by atoms with Crippen LogP contribution in [0.25, 0.3) is 0 Å². The number of carbonyl (C=O) groups is 4. The first-order valence-corrected chi connectivity index (χ1v) is 33.8. The van der Waals surface area contributed by atoms with Crippen molar-refractivity contribution in [1.82, 2.24) is 16.1 Å². The second kappa shape index (κ2) is 33.3. The predicted octanol–water partition coefficient (Wildman–Crippen LogP) is 3.42. The molecule has 2 amide bonds. The van der Waals surface area contributed by atoms with Crippen LogP contribution in [0.4, 0.5) is 10.5 Å². The Bertz CT molecular complexity index is 2890. The number of fused-ring (bicyclic) bond motifs is 2. The molecule has 4 heterocycles. The summed E-state index contributed by atoms with van der Waals surface area (Å²) in [6.07, 6.45) is -11.7. The highest BCUT2D eigenvalue weighted by atomic mass is 33.5. The number of hydrogen-bond donors (Lipinski definition) is 8.